The van der Waals surface area contributed by atoms with E-state index in [1.54, 1.807) is 17.0 Å². The number of anilines is 2. The zero-order chi connectivity index (χ0) is 23.3. The number of amides is 1. The number of rotatable bonds is 4. The molecule has 4 heterocycles. The van der Waals surface area contributed by atoms with E-state index < -0.39 is 5.92 Å². The maximum atomic E-state index is 13.5. The third-order valence-corrected chi connectivity index (χ3v) is 5.82. The molecule has 4 N–H and O–H groups in total. The summed E-state index contributed by atoms with van der Waals surface area (Å²) in [6, 6.07) is 7.97. The van der Waals surface area contributed by atoms with Crippen LogP contribution in [0.5, 0.6) is 0 Å². The summed E-state index contributed by atoms with van der Waals surface area (Å²) in [5.41, 5.74) is 9.25. The van der Waals surface area contributed by atoms with Crippen LogP contribution in [0.15, 0.2) is 24.3 Å². The summed E-state index contributed by atoms with van der Waals surface area (Å²) < 4.78 is 13.5. The van der Waals surface area contributed by atoms with Gasteiger partial charge in [-0.25, -0.2) is 14.4 Å². The van der Waals surface area contributed by atoms with Gasteiger partial charge in [-0.15, -0.1) is 0 Å². The molecule has 1 aliphatic rings. The molecule has 1 saturated heterocycles. The standard InChI is InChI=1S/C22H20FN9O/c1-10(2)16-18(17(30-29-16)11-3-5-12(23)6-4-11)32-8-7-13(22(32)33)20-26-19(25)15-14(9-24)28-31-21(15)27-20/h3-6,10,13H,7-8H2,1-2H3,(H,29,30)(H3,25,26,27,28,31). The van der Waals surface area contributed by atoms with E-state index in [4.69, 9.17) is 5.73 Å². The first-order chi connectivity index (χ1) is 15.9. The summed E-state index contributed by atoms with van der Waals surface area (Å²) in [7, 11) is 0. The predicted octanol–water partition coefficient (Wildman–Crippen LogP) is 2.98. The molecule has 3 aromatic heterocycles. The second kappa shape index (κ2) is 7.67. The number of aromatic amines is 2. The lowest BCUT2D eigenvalue weighted by atomic mass is 10.0. The highest BCUT2D eigenvalue weighted by Crippen LogP contribution is 2.40. The zero-order valence-corrected chi connectivity index (χ0v) is 17.9. The van der Waals surface area contributed by atoms with E-state index in [0.29, 0.717) is 35.3 Å². The highest BCUT2D eigenvalue weighted by molar-refractivity contribution is 6.03. The summed E-state index contributed by atoms with van der Waals surface area (Å²) >= 11 is 0. The second-order valence-electron chi connectivity index (χ2n) is 8.20. The van der Waals surface area contributed by atoms with Gasteiger partial charge < -0.3 is 10.6 Å². The number of nitrogens with two attached hydrogens (primary N) is 1. The van der Waals surface area contributed by atoms with Gasteiger partial charge in [0.15, 0.2) is 5.65 Å². The smallest absolute Gasteiger partial charge is 0.237 e. The number of nitrogens with zero attached hydrogens (tertiary/aromatic N) is 6. The molecule has 166 valence electrons. The number of nitrogens with one attached hydrogen (secondary N) is 2. The largest absolute Gasteiger partial charge is 0.383 e. The molecule has 1 fully saturated rings. The topological polar surface area (TPSA) is 153 Å². The van der Waals surface area contributed by atoms with Crippen molar-refractivity contribution in [3.63, 3.8) is 0 Å². The Morgan fingerprint density at radius 3 is 2.67 bits per heavy atom. The van der Waals surface area contributed by atoms with E-state index in [9.17, 15) is 14.4 Å². The van der Waals surface area contributed by atoms with Gasteiger partial charge in [-0.05, 0) is 36.6 Å². The zero-order valence-electron chi connectivity index (χ0n) is 17.9. The summed E-state index contributed by atoms with van der Waals surface area (Å²) in [5.74, 6) is -0.706. The highest BCUT2D eigenvalue weighted by Gasteiger charge is 2.39. The van der Waals surface area contributed by atoms with Gasteiger partial charge >= 0.3 is 0 Å². The molecule has 11 heteroatoms. The van der Waals surface area contributed by atoms with Crippen LogP contribution in [-0.4, -0.2) is 42.8 Å². The molecule has 0 saturated carbocycles. The van der Waals surface area contributed by atoms with Gasteiger partial charge in [0, 0.05) is 12.1 Å². The molecule has 0 bridgehead atoms. The molecule has 0 aliphatic carbocycles. The van der Waals surface area contributed by atoms with Crippen LogP contribution < -0.4 is 10.6 Å². The number of H-pyrrole nitrogens is 2. The fourth-order valence-electron chi connectivity index (χ4n) is 4.18. The van der Waals surface area contributed by atoms with Crippen LogP contribution in [-0.2, 0) is 4.79 Å². The molecule has 1 atom stereocenters. The van der Waals surface area contributed by atoms with Crippen molar-refractivity contribution >= 4 is 28.4 Å². The molecule has 0 spiro atoms. The van der Waals surface area contributed by atoms with Crippen LogP contribution in [0, 0.1) is 17.1 Å². The Hall–Kier alpha value is -4.33. The average molecular weight is 445 g/mol. The number of hydrogen-bond acceptors (Lipinski definition) is 7. The van der Waals surface area contributed by atoms with Crippen molar-refractivity contribution in [1.82, 2.24) is 30.4 Å². The lowest BCUT2D eigenvalue weighted by Crippen LogP contribution is -2.28. The van der Waals surface area contributed by atoms with E-state index in [-0.39, 0.29) is 40.6 Å². The van der Waals surface area contributed by atoms with Gasteiger partial charge in [0.25, 0.3) is 0 Å². The molecular weight excluding hydrogens is 425 g/mol. The van der Waals surface area contributed by atoms with Crippen LogP contribution in [0.4, 0.5) is 15.9 Å². The quantitative estimate of drug-likeness (QED) is 0.436. The Balaban J connectivity index is 1.55. The normalized spacial score (nSPS) is 16.2. The van der Waals surface area contributed by atoms with Crippen molar-refractivity contribution in [2.75, 3.05) is 17.2 Å². The predicted molar refractivity (Wildman–Crippen MR) is 119 cm³/mol. The maximum absolute atomic E-state index is 13.5. The number of aromatic nitrogens is 6. The maximum Gasteiger partial charge on any atom is 0.237 e. The van der Waals surface area contributed by atoms with Gasteiger partial charge in [-0.2, -0.15) is 15.5 Å². The van der Waals surface area contributed by atoms with Crippen molar-refractivity contribution in [3.8, 4) is 17.3 Å². The van der Waals surface area contributed by atoms with Gasteiger partial charge in [-0.3, -0.25) is 15.0 Å². The molecule has 33 heavy (non-hydrogen) atoms. The molecule has 1 unspecified atom stereocenters. The SMILES string of the molecule is CC(C)c1[nH]nc(-c2ccc(F)cc2)c1N1CCC(c2nc(N)c3c(C#N)[nH]nc3n2)C1=O. The van der Waals surface area contributed by atoms with Crippen molar-refractivity contribution in [2.45, 2.75) is 32.1 Å². The van der Waals surface area contributed by atoms with Crippen LogP contribution >= 0.6 is 0 Å². The number of carbonyl (C=O) groups excluding carboxylic acids is 1. The molecular formula is C22H20FN9O. The van der Waals surface area contributed by atoms with Gasteiger partial charge in [0.2, 0.25) is 5.91 Å². The number of fused-ring (bicyclic) bond motifs is 1. The highest BCUT2D eigenvalue weighted by atomic mass is 19.1. The Morgan fingerprint density at radius 1 is 1.21 bits per heavy atom. The average Bonchev–Trinajstić information content (AvgIpc) is 3.50. The van der Waals surface area contributed by atoms with E-state index in [0.717, 1.165) is 5.69 Å². The lowest BCUT2D eigenvalue weighted by Gasteiger charge is -2.20. The minimum absolute atomic E-state index is 0.0743. The fourth-order valence-corrected chi connectivity index (χ4v) is 4.18. The summed E-state index contributed by atoms with van der Waals surface area (Å²) in [5, 5.41) is 23.6. The first-order valence-electron chi connectivity index (χ1n) is 10.5. The fraction of sp³-hybridized carbons (Fsp3) is 0.273. The first kappa shape index (κ1) is 20.6. The number of carbonyl (C=O) groups is 1. The number of benzene rings is 1. The van der Waals surface area contributed by atoms with Gasteiger partial charge in [0.1, 0.15) is 40.8 Å². The Kier molecular flexibility index (Phi) is 4.78. The minimum atomic E-state index is -0.616. The van der Waals surface area contributed by atoms with Gasteiger partial charge in [-0.1, -0.05) is 13.8 Å². The van der Waals surface area contributed by atoms with E-state index in [1.807, 2.05) is 19.9 Å². The minimum Gasteiger partial charge on any atom is -0.383 e. The Morgan fingerprint density at radius 2 is 1.97 bits per heavy atom. The van der Waals surface area contributed by atoms with E-state index in [2.05, 4.69) is 30.4 Å². The molecule has 4 aromatic rings. The van der Waals surface area contributed by atoms with Gasteiger partial charge in [0.05, 0.1) is 16.8 Å². The van der Waals surface area contributed by atoms with Crippen LogP contribution in [0.1, 0.15) is 49.3 Å². The van der Waals surface area contributed by atoms with E-state index in [1.165, 1.54) is 12.1 Å². The van der Waals surface area contributed by atoms with Crippen LogP contribution in [0.25, 0.3) is 22.3 Å². The molecule has 10 nitrogen and oxygen atoms in total. The molecule has 1 amide bonds. The van der Waals surface area contributed by atoms with Crippen molar-refractivity contribution in [1.29, 1.82) is 5.26 Å². The molecule has 5 rings (SSSR count). The van der Waals surface area contributed by atoms with Crippen molar-refractivity contribution in [3.05, 3.63) is 47.3 Å². The summed E-state index contributed by atoms with van der Waals surface area (Å²) in [6.07, 6.45) is 0.477. The Labute approximate surface area is 187 Å². The third-order valence-electron chi connectivity index (χ3n) is 5.82. The first-order valence-corrected chi connectivity index (χ1v) is 10.5. The van der Waals surface area contributed by atoms with Crippen LogP contribution in [0.2, 0.25) is 0 Å². The summed E-state index contributed by atoms with van der Waals surface area (Å²) in [6.45, 7) is 4.44. The molecule has 1 aliphatic heterocycles. The second-order valence-corrected chi connectivity index (χ2v) is 8.20. The van der Waals surface area contributed by atoms with E-state index >= 15 is 0 Å². The molecule has 0 radical (unpaired) electrons. The Bertz CT molecular complexity index is 1410. The molecule has 1 aromatic carbocycles. The third kappa shape index (κ3) is 3.27. The monoisotopic (exact) mass is 445 g/mol. The summed E-state index contributed by atoms with van der Waals surface area (Å²) in [4.78, 5) is 24.0. The number of nitrogen functional groups attached to an aromatic ring is 1. The number of halogens is 1. The number of nitriles is 1. The lowest BCUT2D eigenvalue weighted by molar-refractivity contribution is -0.118. The van der Waals surface area contributed by atoms with Crippen molar-refractivity contribution in [2.24, 2.45) is 0 Å². The van der Waals surface area contributed by atoms with Crippen LogP contribution in [0.3, 0.4) is 0 Å². The van der Waals surface area contributed by atoms with Crippen molar-refractivity contribution < 1.29 is 9.18 Å². The number of hydrogen-bond donors (Lipinski definition) is 3.